The van der Waals surface area contributed by atoms with Gasteiger partial charge in [-0.3, -0.25) is 9.59 Å². The highest BCUT2D eigenvalue weighted by Crippen LogP contribution is 2.43. The van der Waals surface area contributed by atoms with E-state index in [-0.39, 0.29) is 30.2 Å². The van der Waals surface area contributed by atoms with Crippen LogP contribution in [0, 0.1) is 5.82 Å². The van der Waals surface area contributed by atoms with Crippen LogP contribution >= 0.6 is 11.8 Å². The van der Waals surface area contributed by atoms with Crippen molar-refractivity contribution in [1.29, 1.82) is 0 Å². The number of benzene rings is 4. The Morgan fingerprint density at radius 2 is 1.74 bits per heavy atom. The van der Waals surface area contributed by atoms with Gasteiger partial charge in [0.25, 0.3) is 11.8 Å². The van der Waals surface area contributed by atoms with E-state index >= 15 is 0 Å². The van der Waals surface area contributed by atoms with E-state index in [1.165, 1.54) is 35.0 Å². The van der Waals surface area contributed by atoms with Crippen LogP contribution in [0.2, 0.25) is 0 Å². The smallest absolute Gasteiger partial charge is 0.265 e. The van der Waals surface area contributed by atoms with Gasteiger partial charge in [0.05, 0.1) is 23.2 Å². The molecule has 4 nitrogen and oxygen atoms in total. The fraction of sp³-hybridized carbons (Fsp3) is 0.152. The van der Waals surface area contributed by atoms with Crippen molar-refractivity contribution in [3.8, 4) is 0 Å². The second kappa shape index (κ2) is 10.9. The van der Waals surface area contributed by atoms with Crippen molar-refractivity contribution in [2.24, 2.45) is 0 Å². The first-order valence-electron chi connectivity index (χ1n) is 13.1. The Kier molecular flexibility index (Phi) is 7.03. The third kappa shape index (κ3) is 5.38. The molecule has 1 N–H and O–H groups in total. The molecule has 194 valence electrons. The normalized spacial score (nSPS) is 17.5. The van der Waals surface area contributed by atoms with E-state index in [1.807, 2.05) is 60.7 Å². The van der Waals surface area contributed by atoms with Crippen molar-refractivity contribution in [3.05, 3.63) is 136 Å². The Balaban J connectivity index is 1.33. The molecule has 1 atom stereocenters. The van der Waals surface area contributed by atoms with Crippen LogP contribution in [0.15, 0.2) is 107 Å². The Hall–Kier alpha value is -4.16. The van der Waals surface area contributed by atoms with Gasteiger partial charge >= 0.3 is 0 Å². The van der Waals surface area contributed by atoms with Crippen LogP contribution < -0.4 is 10.2 Å². The van der Waals surface area contributed by atoms with Crippen LogP contribution in [-0.4, -0.2) is 11.8 Å². The Bertz CT molecular complexity index is 1570. The Morgan fingerprint density at radius 3 is 2.56 bits per heavy atom. The van der Waals surface area contributed by atoms with E-state index in [1.54, 1.807) is 23.1 Å². The minimum absolute atomic E-state index is 0.0368. The van der Waals surface area contributed by atoms with E-state index in [9.17, 15) is 14.0 Å². The number of nitrogens with one attached hydrogen (secondary N) is 1. The number of aryl methyl sites for hydroxylation is 1. The number of carbonyl (C=O) groups excluding carboxylic acids is 2. The predicted octanol–water partition coefficient (Wildman–Crippen LogP) is 7.31. The van der Waals surface area contributed by atoms with Crippen LogP contribution in [-0.2, 0) is 17.8 Å². The second-order valence-electron chi connectivity index (χ2n) is 9.84. The molecule has 1 aliphatic heterocycles. The summed E-state index contributed by atoms with van der Waals surface area (Å²) in [6.07, 6.45) is 4.83. The summed E-state index contributed by atoms with van der Waals surface area (Å²) in [4.78, 5) is 30.3. The molecule has 4 aromatic rings. The lowest BCUT2D eigenvalue weighted by Gasteiger charge is -2.31. The first kappa shape index (κ1) is 25.1. The number of amides is 2. The van der Waals surface area contributed by atoms with E-state index in [4.69, 9.17) is 0 Å². The van der Waals surface area contributed by atoms with Crippen LogP contribution in [0.4, 0.5) is 10.1 Å². The summed E-state index contributed by atoms with van der Waals surface area (Å²) in [6, 6.07) is 29.6. The molecule has 0 fully saturated rings. The van der Waals surface area contributed by atoms with Gasteiger partial charge in [0.15, 0.2) is 0 Å². The standard InChI is InChI=1S/C33H27FN2O2S/c34-26-16-13-23(14-17-26)21-36-29-20-25(32(37)35-28-12-6-10-24-9-4-5-11-27(24)28)15-18-30(29)39-31(33(36)38)19-22-7-2-1-3-8-22/h1-5,7-9,11,13-20,28H,6,10,12,21H2,(H,35,37). The minimum Gasteiger partial charge on any atom is -0.345 e. The molecular weight excluding hydrogens is 507 g/mol. The lowest BCUT2D eigenvalue weighted by atomic mass is 9.87. The van der Waals surface area contributed by atoms with E-state index in [2.05, 4.69) is 17.4 Å². The number of nitrogens with zero attached hydrogens (tertiary/aromatic N) is 1. The molecule has 6 heteroatoms. The number of hydrogen-bond donors (Lipinski definition) is 1. The largest absolute Gasteiger partial charge is 0.345 e. The van der Waals surface area contributed by atoms with Gasteiger partial charge in [-0.25, -0.2) is 4.39 Å². The number of hydrogen-bond acceptors (Lipinski definition) is 3. The fourth-order valence-electron chi connectivity index (χ4n) is 5.23. The SMILES string of the molecule is O=C(NC1CCCc2ccccc21)c1ccc2c(c1)N(Cc1ccc(F)cc1)C(=O)C(=Cc1ccccc1)S2. The predicted molar refractivity (Wildman–Crippen MR) is 154 cm³/mol. The molecule has 0 saturated carbocycles. The third-order valence-electron chi connectivity index (χ3n) is 7.21. The molecule has 2 amide bonds. The molecule has 2 aliphatic rings. The minimum atomic E-state index is -0.326. The van der Waals surface area contributed by atoms with Gasteiger partial charge < -0.3 is 10.2 Å². The van der Waals surface area contributed by atoms with E-state index in [0.29, 0.717) is 16.2 Å². The van der Waals surface area contributed by atoms with Gasteiger partial charge in [-0.15, -0.1) is 0 Å². The number of anilines is 1. The number of thioether (sulfide) groups is 1. The molecule has 0 aromatic heterocycles. The van der Waals surface area contributed by atoms with Crippen molar-refractivity contribution < 1.29 is 14.0 Å². The molecule has 1 heterocycles. The average Bonchev–Trinajstić information content (AvgIpc) is 2.97. The number of rotatable bonds is 5. The third-order valence-corrected chi connectivity index (χ3v) is 8.29. The fourth-order valence-corrected chi connectivity index (χ4v) is 6.27. The van der Waals surface area contributed by atoms with Gasteiger partial charge in [-0.05, 0) is 77.9 Å². The highest BCUT2D eigenvalue weighted by Gasteiger charge is 2.31. The summed E-state index contributed by atoms with van der Waals surface area (Å²) >= 11 is 1.40. The van der Waals surface area contributed by atoms with Gasteiger partial charge in [0.1, 0.15) is 5.82 Å². The van der Waals surface area contributed by atoms with Crippen molar-refractivity contribution in [1.82, 2.24) is 5.32 Å². The summed E-state index contributed by atoms with van der Waals surface area (Å²) in [7, 11) is 0. The number of fused-ring (bicyclic) bond motifs is 2. The van der Waals surface area contributed by atoms with Crippen molar-refractivity contribution >= 4 is 35.3 Å². The second-order valence-corrected chi connectivity index (χ2v) is 10.9. The van der Waals surface area contributed by atoms with Gasteiger partial charge in [0, 0.05) is 10.5 Å². The first-order chi connectivity index (χ1) is 19.0. The van der Waals surface area contributed by atoms with Crippen molar-refractivity contribution in [2.45, 2.75) is 36.7 Å². The number of carbonyl (C=O) groups is 2. The molecule has 6 rings (SSSR count). The zero-order valence-electron chi connectivity index (χ0n) is 21.3. The highest BCUT2D eigenvalue weighted by atomic mass is 32.2. The summed E-state index contributed by atoms with van der Waals surface area (Å²) in [5.41, 5.74) is 5.37. The van der Waals surface area contributed by atoms with Gasteiger partial charge in [0.2, 0.25) is 0 Å². The van der Waals surface area contributed by atoms with Crippen LogP contribution in [0.3, 0.4) is 0 Å². The maximum Gasteiger partial charge on any atom is 0.265 e. The summed E-state index contributed by atoms with van der Waals surface area (Å²) < 4.78 is 13.6. The van der Waals surface area contributed by atoms with Crippen LogP contribution in [0.25, 0.3) is 6.08 Å². The topological polar surface area (TPSA) is 49.4 Å². The van der Waals surface area contributed by atoms with E-state index in [0.717, 1.165) is 35.3 Å². The highest BCUT2D eigenvalue weighted by molar-refractivity contribution is 8.04. The van der Waals surface area contributed by atoms with Crippen molar-refractivity contribution in [2.75, 3.05) is 4.90 Å². The Labute approximate surface area is 231 Å². The van der Waals surface area contributed by atoms with Gasteiger partial charge in [-0.1, -0.05) is 78.5 Å². The molecule has 0 spiro atoms. The monoisotopic (exact) mass is 534 g/mol. The molecule has 4 aromatic carbocycles. The molecular formula is C33H27FN2O2S. The van der Waals surface area contributed by atoms with E-state index < -0.39 is 0 Å². The molecule has 0 bridgehead atoms. The number of halogens is 1. The summed E-state index contributed by atoms with van der Waals surface area (Å²) in [5, 5.41) is 3.22. The molecule has 0 saturated heterocycles. The first-order valence-corrected chi connectivity index (χ1v) is 13.9. The zero-order chi connectivity index (χ0) is 26.8. The van der Waals surface area contributed by atoms with Crippen LogP contribution in [0.5, 0.6) is 0 Å². The maximum atomic E-state index is 13.8. The zero-order valence-corrected chi connectivity index (χ0v) is 22.1. The van der Waals surface area contributed by atoms with Gasteiger partial charge in [-0.2, -0.15) is 0 Å². The summed E-state index contributed by atoms with van der Waals surface area (Å²) in [5.74, 6) is -0.642. The summed E-state index contributed by atoms with van der Waals surface area (Å²) in [6.45, 7) is 0.264. The lowest BCUT2D eigenvalue weighted by Crippen LogP contribution is -2.34. The average molecular weight is 535 g/mol. The van der Waals surface area contributed by atoms with Crippen LogP contribution in [0.1, 0.15) is 51.5 Å². The molecule has 0 radical (unpaired) electrons. The molecule has 1 aliphatic carbocycles. The maximum absolute atomic E-state index is 13.8. The quantitative estimate of drug-likeness (QED) is 0.273. The van der Waals surface area contributed by atoms with Crippen molar-refractivity contribution in [3.63, 3.8) is 0 Å². The lowest BCUT2D eigenvalue weighted by molar-refractivity contribution is -0.114. The Morgan fingerprint density at radius 1 is 0.974 bits per heavy atom. The molecule has 39 heavy (non-hydrogen) atoms. The molecule has 1 unspecified atom stereocenters.